The van der Waals surface area contributed by atoms with Crippen LogP contribution < -0.4 is 20.3 Å². The maximum atomic E-state index is 12.5. The Morgan fingerprint density at radius 2 is 1.91 bits per heavy atom. The average molecular weight is 483 g/mol. The third-order valence-corrected chi connectivity index (χ3v) is 6.72. The van der Waals surface area contributed by atoms with E-state index in [1.165, 1.54) is 27.7 Å². The van der Waals surface area contributed by atoms with Gasteiger partial charge in [0.05, 0.1) is 30.8 Å². The Morgan fingerprint density at radius 1 is 1.12 bits per heavy atom. The van der Waals surface area contributed by atoms with Crippen molar-refractivity contribution in [3.8, 4) is 22.8 Å². The van der Waals surface area contributed by atoms with E-state index in [9.17, 15) is 9.59 Å². The summed E-state index contributed by atoms with van der Waals surface area (Å²) in [6.07, 6.45) is 0.263. The number of aromatic nitrogens is 3. The number of thioether (sulfide) groups is 1. The maximum absolute atomic E-state index is 12.5. The molecule has 0 aliphatic carbocycles. The van der Waals surface area contributed by atoms with Crippen molar-refractivity contribution < 1.29 is 14.3 Å². The van der Waals surface area contributed by atoms with Crippen LogP contribution in [-0.2, 0) is 11.8 Å². The van der Waals surface area contributed by atoms with E-state index in [4.69, 9.17) is 9.47 Å². The van der Waals surface area contributed by atoms with Gasteiger partial charge in [0, 0.05) is 30.2 Å². The summed E-state index contributed by atoms with van der Waals surface area (Å²) in [6.45, 7) is 0. The predicted octanol–water partition coefficient (Wildman–Crippen LogP) is 4.20. The minimum absolute atomic E-state index is 0.0990. The summed E-state index contributed by atoms with van der Waals surface area (Å²) in [7, 11) is 4.86. The fraction of sp³-hybridized carbons (Fsp3) is 0.217. The number of methoxy groups -OCH3 is 2. The summed E-state index contributed by atoms with van der Waals surface area (Å²) >= 11 is 2.72. The first-order chi connectivity index (χ1) is 16.0. The summed E-state index contributed by atoms with van der Waals surface area (Å²) in [5, 5.41) is 6.39. The second-order valence-electron chi connectivity index (χ2n) is 7.03. The molecule has 4 rings (SSSR count). The number of carbonyl (C=O) groups excluding carboxylic acids is 1. The summed E-state index contributed by atoms with van der Waals surface area (Å²) in [6, 6.07) is 12.8. The van der Waals surface area contributed by atoms with Gasteiger partial charge in [-0.05, 0) is 30.3 Å². The summed E-state index contributed by atoms with van der Waals surface area (Å²) in [5.74, 6) is 1.59. The minimum atomic E-state index is -0.151. The molecule has 0 saturated carbocycles. The Bertz CT molecular complexity index is 1370. The first-order valence-electron chi connectivity index (χ1n) is 10.1. The molecule has 0 radical (unpaired) electrons. The number of carbonyl (C=O) groups is 1. The molecule has 10 heteroatoms. The molecule has 2 aromatic heterocycles. The molecule has 170 valence electrons. The van der Waals surface area contributed by atoms with E-state index in [1.54, 1.807) is 27.3 Å². The zero-order valence-electron chi connectivity index (χ0n) is 18.3. The number of ether oxygens (including phenoxy) is 2. The van der Waals surface area contributed by atoms with E-state index < -0.39 is 0 Å². The number of hydrogen-bond donors (Lipinski definition) is 1. The van der Waals surface area contributed by atoms with E-state index in [2.05, 4.69) is 15.3 Å². The Balaban J connectivity index is 1.37. The molecular weight excluding hydrogens is 460 g/mol. The number of benzene rings is 2. The molecular formula is C23H22N4O4S2. The SMILES string of the molecule is COc1ccc(-c2csc(NC(=O)CCSc3nc4ccccc4c(=O)n3C)n2)cc1OC. The van der Waals surface area contributed by atoms with E-state index >= 15 is 0 Å². The molecule has 0 saturated heterocycles. The Labute approximate surface area is 198 Å². The van der Waals surface area contributed by atoms with Crippen molar-refractivity contribution >= 4 is 45.0 Å². The highest BCUT2D eigenvalue weighted by Gasteiger charge is 2.13. The number of anilines is 1. The molecule has 33 heavy (non-hydrogen) atoms. The van der Waals surface area contributed by atoms with E-state index in [0.29, 0.717) is 38.4 Å². The number of para-hydroxylation sites is 1. The quantitative estimate of drug-likeness (QED) is 0.297. The van der Waals surface area contributed by atoms with Crippen molar-refractivity contribution in [3.63, 3.8) is 0 Å². The van der Waals surface area contributed by atoms with Gasteiger partial charge in [0.2, 0.25) is 5.91 Å². The zero-order chi connectivity index (χ0) is 23.4. The maximum Gasteiger partial charge on any atom is 0.261 e. The van der Waals surface area contributed by atoms with Crippen LogP contribution in [0.2, 0.25) is 0 Å². The highest BCUT2D eigenvalue weighted by atomic mass is 32.2. The fourth-order valence-corrected chi connectivity index (χ4v) is 4.85. The lowest BCUT2D eigenvalue weighted by Gasteiger charge is -2.08. The van der Waals surface area contributed by atoms with Gasteiger partial charge in [0.1, 0.15) is 0 Å². The van der Waals surface area contributed by atoms with Crippen molar-refractivity contribution in [1.29, 1.82) is 0 Å². The molecule has 0 bridgehead atoms. The number of thiazole rings is 1. The number of rotatable bonds is 8. The molecule has 0 aliphatic heterocycles. The molecule has 8 nitrogen and oxygen atoms in total. The molecule has 0 atom stereocenters. The van der Waals surface area contributed by atoms with Gasteiger partial charge in [0.25, 0.3) is 5.56 Å². The van der Waals surface area contributed by atoms with Crippen molar-refractivity contribution in [1.82, 2.24) is 14.5 Å². The second kappa shape index (κ2) is 10.1. The van der Waals surface area contributed by atoms with Crippen LogP contribution in [-0.4, -0.2) is 40.4 Å². The smallest absolute Gasteiger partial charge is 0.261 e. The van der Waals surface area contributed by atoms with Crippen LogP contribution in [0.3, 0.4) is 0 Å². The lowest BCUT2D eigenvalue weighted by molar-refractivity contribution is -0.115. The lowest BCUT2D eigenvalue weighted by atomic mass is 10.1. The van der Waals surface area contributed by atoms with Crippen molar-refractivity contribution in [2.75, 3.05) is 25.3 Å². The van der Waals surface area contributed by atoms with Crippen LogP contribution in [0.25, 0.3) is 22.2 Å². The van der Waals surface area contributed by atoms with Crippen molar-refractivity contribution in [2.24, 2.45) is 7.05 Å². The number of hydrogen-bond acceptors (Lipinski definition) is 8. The van der Waals surface area contributed by atoms with Gasteiger partial charge in [-0.2, -0.15) is 0 Å². The van der Waals surface area contributed by atoms with E-state index in [0.717, 1.165) is 11.3 Å². The average Bonchev–Trinajstić information content (AvgIpc) is 3.30. The fourth-order valence-electron chi connectivity index (χ4n) is 3.20. The summed E-state index contributed by atoms with van der Waals surface area (Å²) < 4.78 is 12.1. The molecule has 1 amide bonds. The number of nitrogens with one attached hydrogen (secondary N) is 1. The molecule has 2 heterocycles. The topological polar surface area (TPSA) is 95.3 Å². The largest absolute Gasteiger partial charge is 0.493 e. The molecule has 0 aliphatic rings. The normalized spacial score (nSPS) is 10.9. The van der Waals surface area contributed by atoms with Crippen LogP contribution in [0.1, 0.15) is 6.42 Å². The first kappa shape index (κ1) is 22.8. The number of fused-ring (bicyclic) bond motifs is 1. The highest BCUT2D eigenvalue weighted by molar-refractivity contribution is 7.99. The summed E-state index contributed by atoms with van der Waals surface area (Å²) in [5.41, 5.74) is 2.15. The Morgan fingerprint density at radius 3 is 2.70 bits per heavy atom. The minimum Gasteiger partial charge on any atom is -0.493 e. The lowest BCUT2D eigenvalue weighted by Crippen LogP contribution is -2.20. The number of amides is 1. The van der Waals surface area contributed by atoms with Gasteiger partial charge in [0.15, 0.2) is 21.8 Å². The summed E-state index contributed by atoms with van der Waals surface area (Å²) in [4.78, 5) is 34.0. The molecule has 0 spiro atoms. The monoisotopic (exact) mass is 482 g/mol. The first-order valence-corrected chi connectivity index (χ1v) is 11.9. The Hall–Kier alpha value is -3.37. The molecule has 0 fully saturated rings. The molecule has 0 unspecified atom stereocenters. The van der Waals surface area contributed by atoms with Crippen LogP contribution in [0.4, 0.5) is 5.13 Å². The Kier molecular flexibility index (Phi) is 6.95. The van der Waals surface area contributed by atoms with Crippen LogP contribution in [0.5, 0.6) is 11.5 Å². The number of nitrogens with zero attached hydrogens (tertiary/aromatic N) is 3. The second-order valence-corrected chi connectivity index (χ2v) is 8.95. The van der Waals surface area contributed by atoms with Gasteiger partial charge in [-0.15, -0.1) is 11.3 Å². The van der Waals surface area contributed by atoms with Crippen molar-refractivity contribution in [2.45, 2.75) is 11.6 Å². The van der Waals surface area contributed by atoms with Gasteiger partial charge in [-0.1, -0.05) is 23.9 Å². The van der Waals surface area contributed by atoms with Gasteiger partial charge >= 0.3 is 0 Å². The van der Waals surface area contributed by atoms with Crippen LogP contribution in [0.15, 0.2) is 57.8 Å². The van der Waals surface area contributed by atoms with E-state index in [-0.39, 0.29) is 17.9 Å². The molecule has 2 aromatic carbocycles. The molecule has 4 aromatic rings. The third kappa shape index (κ3) is 5.01. The van der Waals surface area contributed by atoms with Gasteiger partial charge in [-0.3, -0.25) is 14.2 Å². The van der Waals surface area contributed by atoms with Gasteiger partial charge in [-0.25, -0.2) is 9.97 Å². The molecule has 1 N–H and O–H groups in total. The predicted molar refractivity (Wildman–Crippen MR) is 132 cm³/mol. The standard InChI is InChI=1S/C23H22N4O4S2/c1-27-21(29)15-6-4-5-7-16(15)25-23(27)32-11-10-20(28)26-22-24-17(13-33-22)14-8-9-18(30-2)19(12-14)31-3/h4-9,12-13H,10-11H2,1-3H3,(H,24,26,28). The highest BCUT2D eigenvalue weighted by Crippen LogP contribution is 2.33. The van der Waals surface area contributed by atoms with Crippen LogP contribution >= 0.6 is 23.1 Å². The van der Waals surface area contributed by atoms with Crippen LogP contribution in [0, 0.1) is 0 Å². The zero-order valence-corrected chi connectivity index (χ0v) is 20.0. The van der Waals surface area contributed by atoms with Crippen molar-refractivity contribution in [3.05, 3.63) is 58.2 Å². The van der Waals surface area contributed by atoms with Gasteiger partial charge < -0.3 is 14.8 Å². The van der Waals surface area contributed by atoms with E-state index in [1.807, 2.05) is 41.8 Å². The third-order valence-electron chi connectivity index (χ3n) is 4.93.